The lowest BCUT2D eigenvalue weighted by atomic mass is 9.95. The van der Waals surface area contributed by atoms with E-state index < -0.39 is 0 Å². The van der Waals surface area contributed by atoms with E-state index in [1.165, 1.54) is 25.6 Å². The molecular formula is C48H28N4S2. The van der Waals surface area contributed by atoms with Gasteiger partial charge in [-0.3, -0.25) is 0 Å². The first-order chi connectivity index (χ1) is 26.7. The fraction of sp³-hybridized carbons (Fsp3) is 0. The van der Waals surface area contributed by atoms with Gasteiger partial charge in [0.15, 0.2) is 17.5 Å². The summed E-state index contributed by atoms with van der Waals surface area (Å²) in [6.07, 6.45) is 0. The Bertz CT molecular complexity index is 3220. The lowest BCUT2D eigenvalue weighted by Crippen LogP contribution is -2.01. The lowest BCUT2D eigenvalue weighted by molar-refractivity contribution is 1.08. The zero-order chi connectivity index (χ0) is 35.6. The second kappa shape index (κ2) is 12.5. The van der Waals surface area contributed by atoms with Gasteiger partial charge in [-0.25, -0.2) is 19.9 Å². The molecule has 0 atom stereocenters. The van der Waals surface area contributed by atoms with Crippen molar-refractivity contribution in [3.8, 4) is 55.9 Å². The second-order valence-electron chi connectivity index (χ2n) is 13.5. The number of rotatable bonds is 5. The fourth-order valence-electron chi connectivity index (χ4n) is 7.52. The summed E-state index contributed by atoms with van der Waals surface area (Å²) in [5.74, 6) is 1.93. The number of hydrogen-bond donors (Lipinski definition) is 0. The molecule has 0 unspecified atom stereocenters. The van der Waals surface area contributed by atoms with Crippen molar-refractivity contribution in [1.82, 2.24) is 19.9 Å². The number of thiophene rings is 1. The molecule has 252 valence electrons. The highest BCUT2D eigenvalue weighted by Crippen LogP contribution is 2.43. The van der Waals surface area contributed by atoms with Crippen molar-refractivity contribution in [1.29, 1.82) is 0 Å². The van der Waals surface area contributed by atoms with Gasteiger partial charge in [-0.1, -0.05) is 133 Å². The van der Waals surface area contributed by atoms with E-state index in [2.05, 4.69) is 164 Å². The highest BCUT2D eigenvalue weighted by molar-refractivity contribution is 7.26. The largest absolute Gasteiger partial charge is 0.236 e. The quantitative estimate of drug-likeness (QED) is 0.177. The van der Waals surface area contributed by atoms with Crippen LogP contribution in [0.25, 0.3) is 108 Å². The molecule has 0 aliphatic carbocycles. The third-order valence-corrected chi connectivity index (χ3v) is 12.3. The zero-order valence-electron chi connectivity index (χ0n) is 28.8. The van der Waals surface area contributed by atoms with Gasteiger partial charge < -0.3 is 0 Å². The SMILES string of the molecule is c1ccc(-c2nc3cc4sc5cccc(-c6nc(-c7ccc8ccccc8c7)nc(-c7cc(-c8ccccc8)c8ccccc8c7)n6)c5c4cc3s2)cc1. The molecule has 54 heavy (non-hydrogen) atoms. The lowest BCUT2D eigenvalue weighted by Gasteiger charge is -2.13. The molecule has 0 aliphatic heterocycles. The predicted octanol–water partition coefficient (Wildman–Crippen LogP) is 13.5. The third kappa shape index (κ3) is 5.26. The van der Waals surface area contributed by atoms with Crippen molar-refractivity contribution in [3.05, 3.63) is 170 Å². The van der Waals surface area contributed by atoms with E-state index in [4.69, 9.17) is 19.9 Å². The van der Waals surface area contributed by atoms with Crippen molar-refractivity contribution in [3.63, 3.8) is 0 Å². The van der Waals surface area contributed by atoms with Crippen LogP contribution in [0.3, 0.4) is 0 Å². The third-order valence-electron chi connectivity index (χ3n) is 10.1. The maximum Gasteiger partial charge on any atom is 0.164 e. The van der Waals surface area contributed by atoms with Crippen LogP contribution in [0, 0.1) is 0 Å². The van der Waals surface area contributed by atoms with Crippen LogP contribution >= 0.6 is 22.7 Å². The van der Waals surface area contributed by atoms with E-state index in [0.717, 1.165) is 64.8 Å². The first-order valence-corrected chi connectivity index (χ1v) is 19.5. The van der Waals surface area contributed by atoms with Gasteiger partial charge in [-0.15, -0.1) is 22.7 Å². The van der Waals surface area contributed by atoms with Crippen molar-refractivity contribution < 1.29 is 0 Å². The van der Waals surface area contributed by atoms with E-state index >= 15 is 0 Å². The second-order valence-corrected chi connectivity index (χ2v) is 15.6. The van der Waals surface area contributed by atoms with Gasteiger partial charge in [0, 0.05) is 42.4 Å². The summed E-state index contributed by atoms with van der Waals surface area (Å²) in [7, 11) is 0. The van der Waals surface area contributed by atoms with Crippen molar-refractivity contribution in [2.75, 3.05) is 0 Å². The predicted molar refractivity (Wildman–Crippen MR) is 228 cm³/mol. The smallest absolute Gasteiger partial charge is 0.164 e. The van der Waals surface area contributed by atoms with Gasteiger partial charge in [0.2, 0.25) is 0 Å². The summed E-state index contributed by atoms with van der Waals surface area (Å²) < 4.78 is 3.55. The number of fused-ring (bicyclic) bond motifs is 6. The van der Waals surface area contributed by atoms with Crippen LogP contribution in [0.5, 0.6) is 0 Å². The maximum atomic E-state index is 5.32. The molecule has 0 radical (unpaired) electrons. The molecule has 0 saturated heterocycles. The molecule has 11 rings (SSSR count). The standard InChI is InChI=1S/C48H28N4S2/c1-3-13-30(14-4-1)38-26-35(25-33-18-9-10-19-36(33)38)46-50-45(34-23-22-29-12-7-8-17-32(29)24-34)51-47(52-46)37-20-11-21-41-44(37)39-27-43-40(28-42(39)53-41)49-48(54-43)31-15-5-2-6-16-31/h1-28H. The Labute approximate surface area is 318 Å². The molecule has 8 aromatic carbocycles. The minimum absolute atomic E-state index is 0.639. The van der Waals surface area contributed by atoms with Crippen LogP contribution in [-0.2, 0) is 0 Å². The highest BCUT2D eigenvalue weighted by atomic mass is 32.1. The van der Waals surface area contributed by atoms with Crippen molar-refractivity contribution in [2.24, 2.45) is 0 Å². The molecule has 0 saturated carbocycles. The molecule has 0 fully saturated rings. The minimum atomic E-state index is 0.639. The Morgan fingerprint density at radius 2 is 1.02 bits per heavy atom. The normalized spacial score (nSPS) is 11.7. The average molecular weight is 725 g/mol. The monoisotopic (exact) mass is 724 g/mol. The molecule has 0 amide bonds. The summed E-state index contributed by atoms with van der Waals surface area (Å²) >= 11 is 3.52. The van der Waals surface area contributed by atoms with E-state index in [0.29, 0.717) is 17.5 Å². The topological polar surface area (TPSA) is 51.6 Å². The Balaban J connectivity index is 1.15. The Morgan fingerprint density at radius 1 is 0.333 bits per heavy atom. The number of nitrogens with zero attached hydrogens (tertiary/aromatic N) is 4. The molecule has 3 heterocycles. The van der Waals surface area contributed by atoms with E-state index in [-0.39, 0.29) is 0 Å². The van der Waals surface area contributed by atoms with Gasteiger partial charge in [0.25, 0.3) is 0 Å². The van der Waals surface area contributed by atoms with Crippen LogP contribution in [0.15, 0.2) is 170 Å². The summed E-state index contributed by atoms with van der Waals surface area (Å²) in [5, 5.41) is 8.02. The zero-order valence-corrected chi connectivity index (χ0v) is 30.4. The Hall–Kier alpha value is -6.60. The summed E-state index contributed by atoms with van der Waals surface area (Å²) in [5.41, 5.74) is 7.33. The molecule has 4 nitrogen and oxygen atoms in total. The first-order valence-electron chi connectivity index (χ1n) is 17.9. The molecule has 0 spiro atoms. The Morgan fingerprint density at radius 3 is 1.85 bits per heavy atom. The molecule has 0 bridgehead atoms. The molecule has 0 aliphatic rings. The van der Waals surface area contributed by atoms with Gasteiger partial charge in [-0.2, -0.15) is 0 Å². The summed E-state index contributed by atoms with van der Waals surface area (Å²) in [6, 6.07) is 59.8. The van der Waals surface area contributed by atoms with Crippen molar-refractivity contribution in [2.45, 2.75) is 0 Å². The number of aromatic nitrogens is 4. The van der Waals surface area contributed by atoms with Gasteiger partial charge in [-0.05, 0) is 69.1 Å². The van der Waals surface area contributed by atoms with Gasteiger partial charge in [0.05, 0.1) is 10.2 Å². The molecule has 11 aromatic rings. The number of benzene rings is 8. The molecule has 3 aromatic heterocycles. The fourth-order valence-corrected chi connectivity index (χ4v) is 9.66. The van der Waals surface area contributed by atoms with Crippen LogP contribution < -0.4 is 0 Å². The van der Waals surface area contributed by atoms with E-state index in [9.17, 15) is 0 Å². The van der Waals surface area contributed by atoms with Crippen LogP contribution in [0.2, 0.25) is 0 Å². The van der Waals surface area contributed by atoms with Gasteiger partial charge >= 0.3 is 0 Å². The summed E-state index contributed by atoms with van der Waals surface area (Å²) in [4.78, 5) is 20.8. The minimum Gasteiger partial charge on any atom is -0.236 e. The number of hydrogen-bond acceptors (Lipinski definition) is 6. The van der Waals surface area contributed by atoms with Gasteiger partial charge in [0.1, 0.15) is 5.01 Å². The van der Waals surface area contributed by atoms with Crippen LogP contribution in [-0.4, -0.2) is 19.9 Å². The molecular weight excluding hydrogens is 697 g/mol. The first kappa shape index (κ1) is 31.0. The van der Waals surface area contributed by atoms with Crippen molar-refractivity contribution >= 4 is 74.6 Å². The highest BCUT2D eigenvalue weighted by Gasteiger charge is 2.19. The molecule has 6 heteroatoms. The molecule has 0 N–H and O–H groups in total. The van der Waals surface area contributed by atoms with Crippen LogP contribution in [0.1, 0.15) is 0 Å². The summed E-state index contributed by atoms with van der Waals surface area (Å²) in [6.45, 7) is 0. The van der Waals surface area contributed by atoms with Crippen LogP contribution in [0.4, 0.5) is 0 Å². The average Bonchev–Trinajstić information content (AvgIpc) is 3.83. The number of thiazole rings is 1. The Kier molecular flexibility index (Phi) is 7.18. The maximum absolute atomic E-state index is 5.32. The van der Waals surface area contributed by atoms with E-state index in [1.54, 1.807) is 22.7 Å². The van der Waals surface area contributed by atoms with E-state index in [1.807, 2.05) is 6.07 Å².